The van der Waals surface area contributed by atoms with Crippen LogP contribution in [0.4, 0.5) is 0 Å². The Morgan fingerprint density at radius 3 is 2.62 bits per heavy atom. The van der Waals surface area contributed by atoms with E-state index in [-0.39, 0.29) is 11.9 Å². The van der Waals surface area contributed by atoms with E-state index in [4.69, 9.17) is 5.26 Å². The molecule has 0 aliphatic rings. The van der Waals surface area contributed by atoms with Gasteiger partial charge in [0, 0.05) is 5.56 Å². The Morgan fingerprint density at radius 1 is 1.19 bits per heavy atom. The van der Waals surface area contributed by atoms with Gasteiger partial charge in [-0.05, 0) is 30.2 Å². The standard InChI is InChI=1S/C18H18N2O/c1-2-7-17(15-9-4-3-5-10-15)20-18(21)16-11-6-8-14(12-16)13-19/h3-6,8-12,17H,2,7H2,1H3,(H,20,21)/t17-/m0/s1. The fourth-order valence-electron chi connectivity index (χ4n) is 2.27. The van der Waals surface area contributed by atoms with Crippen molar-refractivity contribution in [1.82, 2.24) is 5.32 Å². The van der Waals surface area contributed by atoms with Gasteiger partial charge in [0.05, 0.1) is 17.7 Å². The van der Waals surface area contributed by atoms with E-state index in [0.29, 0.717) is 11.1 Å². The van der Waals surface area contributed by atoms with Gasteiger partial charge < -0.3 is 5.32 Å². The van der Waals surface area contributed by atoms with E-state index >= 15 is 0 Å². The van der Waals surface area contributed by atoms with Crippen LogP contribution in [0.2, 0.25) is 0 Å². The van der Waals surface area contributed by atoms with Gasteiger partial charge in [-0.3, -0.25) is 4.79 Å². The Bertz CT molecular complexity index is 644. The van der Waals surface area contributed by atoms with Crippen LogP contribution in [0.5, 0.6) is 0 Å². The van der Waals surface area contributed by atoms with Crippen molar-refractivity contribution in [1.29, 1.82) is 5.26 Å². The maximum atomic E-state index is 12.4. The van der Waals surface area contributed by atoms with Gasteiger partial charge >= 0.3 is 0 Å². The monoisotopic (exact) mass is 278 g/mol. The quantitative estimate of drug-likeness (QED) is 0.903. The number of hydrogen-bond donors (Lipinski definition) is 1. The van der Waals surface area contributed by atoms with E-state index in [9.17, 15) is 4.79 Å². The smallest absolute Gasteiger partial charge is 0.251 e. The second-order valence-electron chi connectivity index (χ2n) is 4.92. The van der Waals surface area contributed by atoms with Crippen molar-refractivity contribution in [2.24, 2.45) is 0 Å². The maximum Gasteiger partial charge on any atom is 0.251 e. The Morgan fingerprint density at radius 2 is 1.95 bits per heavy atom. The van der Waals surface area contributed by atoms with Crippen LogP contribution in [0.1, 0.15) is 47.3 Å². The number of carbonyl (C=O) groups excluding carboxylic acids is 1. The van der Waals surface area contributed by atoms with Crippen molar-refractivity contribution in [3.05, 3.63) is 71.3 Å². The molecular formula is C18H18N2O. The van der Waals surface area contributed by atoms with Crippen molar-refractivity contribution in [3.8, 4) is 6.07 Å². The molecule has 2 aromatic rings. The normalized spacial score (nSPS) is 11.4. The topological polar surface area (TPSA) is 52.9 Å². The van der Waals surface area contributed by atoms with Gasteiger partial charge in [0.15, 0.2) is 0 Å². The zero-order valence-corrected chi connectivity index (χ0v) is 12.0. The lowest BCUT2D eigenvalue weighted by atomic mass is 10.0. The maximum absolute atomic E-state index is 12.4. The largest absolute Gasteiger partial charge is 0.345 e. The second kappa shape index (κ2) is 7.25. The first-order valence-corrected chi connectivity index (χ1v) is 7.10. The van der Waals surface area contributed by atoms with Crippen LogP contribution < -0.4 is 5.32 Å². The van der Waals surface area contributed by atoms with Crippen LogP contribution in [-0.4, -0.2) is 5.91 Å². The molecule has 1 amide bonds. The lowest BCUT2D eigenvalue weighted by Crippen LogP contribution is -2.28. The van der Waals surface area contributed by atoms with E-state index in [2.05, 4.69) is 18.3 Å². The summed E-state index contributed by atoms with van der Waals surface area (Å²) < 4.78 is 0. The zero-order chi connectivity index (χ0) is 15.1. The third-order valence-electron chi connectivity index (χ3n) is 3.34. The highest BCUT2D eigenvalue weighted by Gasteiger charge is 2.15. The Kier molecular flexibility index (Phi) is 5.11. The molecule has 21 heavy (non-hydrogen) atoms. The number of hydrogen-bond acceptors (Lipinski definition) is 2. The molecular weight excluding hydrogens is 260 g/mol. The van der Waals surface area contributed by atoms with E-state index in [1.807, 2.05) is 30.3 Å². The van der Waals surface area contributed by atoms with Gasteiger partial charge in [0.25, 0.3) is 5.91 Å². The Balaban J connectivity index is 2.17. The molecule has 0 aromatic heterocycles. The number of nitrogens with one attached hydrogen (secondary N) is 1. The summed E-state index contributed by atoms with van der Waals surface area (Å²) in [5, 5.41) is 12.0. The SMILES string of the molecule is CCC[C@H](NC(=O)c1cccc(C#N)c1)c1ccccc1. The van der Waals surface area contributed by atoms with Crippen molar-refractivity contribution < 1.29 is 4.79 Å². The minimum Gasteiger partial charge on any atom is -0.345 e. The summed E-state index contributed by atoms with van der Waals surface area (Å²) in [6.45, 7) is 2.10. The van der Waals surface area contributed by atoms with Gasteiger partial charge in [-0.15, -0.1) is 0 Å². The third-order valence-corrected chi connectivity index (χ3v) is 3.34. The number of rotatable bonds is 5. The number of amides is 1. The van der Waals surface area contributed by atoms with Crippen LogP contribution in [0.25, 0.3) is 0 Å². The average molecular weight is 278 g/mol. The number of nitrogens with zero attached hydrogens (tertiary/aromatic N) is 1. The minimum atomic E-state index is -0.144. The van der Waals surface area contributed by atoms with Crippen molar-refractivity contribution in [2.75, 3.05) is 0 Å². The number of carbonyl (C=O) groups is 1. The molecule has 0 unspecified atom stereocenters. The molecule has 0 saturated carbocycles. The summed E-state index contributed by atoms with van der Waals surface area (Å²) in [5.74, 6) is -0.144. The first kappa shape index (κ1) is 14.8. The molecule has 2 rings (SSSR count). The van der Waals surface area contributed by atoms with E-state index in [0.717, 1.165) is 18.4 Å². The van der Waals surface area contributed by atoms with E-state index in [1.165, 1.54) is 0 Å². The van der Waals surface area contributed by atoms with Crippen LogP contribution >= 0.6 is 0 Å². The van der Waals surface area contributed by atoms with E-state index < -0.39 is 0 Å². The fourth-order valence-corrected chi connectivity index (χ4v) is 2.27. The molecule has 0 radical (unpaired) electrons. The molecule has 0 aliphatic heterocycles. The van der Waals surface area contributed by atoms with Crippen molar-refractivity contribution in [3.63, 3.8) is 0 Å². The van der Waals surface area contributed by atoms with Crippen LogP contribution in [0, 0.1) is 11.3 Å². The van der Waals surface area contributed by atoms with Crippen LogP contribution in [0.15, 0.2) is 54.6 Å². The molecule has 0 spiro atoms. The molecule has 0 bridgehead atoms. The van der Waals surface area contributed by atoms with Gasteiger partial charge in [0.1, 0.15) is 0 Å². The summed E-state index contributed by atoms with van der Waals surface area (Å²) >= 11 is 0. The molecule has 3 nitrogen and oxygen atoms in total. The summed E-state index contributed by atoms with van der Waals surface area (Å²) in [6.07, 6.45) is 1.87. The lowest BCUT2D eigenvalue weighted by molar-refractivity contribution is 0.0934. The molecule has 106 valence electrons. The molecule has 0 heterocycles. The van der Waals surface area contributed by atoms with Gasteiger partial charge in [0.2, 0.25) is 0 Å². The summed E-state index contributed by atoms with van der Waals surface area (Å²) in [5.41, 5.74) is 2.12. The molecule has 0 fully saturated rings. The molecule has 1 N–H and O–H groups in total. The molecule has 1 atom stereocenters. The summed E-state index contributed by atoms with van der Waals surface area (Å²) in [6, 6.07) is 18.8. The van der Waals surface area contributed by atoms with Gasteiger partial charge in [-0.25, -0.2) is 0 Å². The highest BCUT2D eigenvalue weighted by molar-refractivity contribution is 5.94. The molecule has 3 heteroatoms. The van der Waals surface area contributed by atoms with Gasteiger partial charge in [-0.1, -0.05) is 49.7 Å². The molecule has 0 saturated heterocycles. The molecule has 0 aliphatic carbocycles. The van der Waals surface area contributed by atoms with E-state index in [1.54, 1.807) is 24.3 Å². The zero-order valence-electron chi connectivity index (χ0n) is 12.0. The fraction of sp³-hybridized carbons (Fsp3) is 0.222. The van der Waals surface area contributed by atoms with Crippen LogP contribution in [0.3, 0.4) is 0 Å². The van der Waals surface area contributed by atoms with Crippen molar-refractivity contribution in [2.45, 2.75) is 25.8 Å². The predicted octanol–water partition coefficient (Wildman–Crippen LogP) is 3.83. The second-order valence-corrected chi connectivity index (χ2v) is 4.92. The Labute approximate surface area is 125 Å². The molecule has 2 aromatic carbocycles. The first-order valence-electron chi connectivity index (χ1n) is 7.10. The number of nitriles is 1. The first-order chi connectivity index (χ1) is 10.2. The lowest BCUT2D eigenvalue weighted by Gasteiger charge is -2.18. The third kappa shape index (κ3) is 3.93. The highest BCUT2D eigenvalue weighted by Crippen LogP contribution is 2.19. The van der Waals surface area contributed by atoms with Crippen LogP contribution in [-0.2, 0) is 0 Å². The highest BCUT2D eigenvalue weighted by atomic mass is 16.1. The Hall–Kier alpha value is -2.60. The predicted molar refractivity (Wildman–Crippen MR) is 82.7 cm³/mol. The minimum absolute atomic E-state index is 0.00515. The van der Waals surface area contributed by atoms with Crippen molar-refractivity contribution >= 4 is 5.91 Å². The van der Waals surface area contributed by atoms with Gasteiger partial charge in [-0.2, -0.15) is 5.26 Å². The average Bonchev–Trinajstić information content (AvgIpc) is 2.55. The summed E-state index contributed by atoms with van der Waals surface area (Å²) in [4.78, 5) is 12.4. The number of benzene rings is 2. The summed E-state index contributed by atoms with van der Waals surface area (Å²) in [7, 11) is 0.